The summed E-state index contributed by atoms with van der Waals surface area (Å²) >= 11 is 0. The highest BCUT2D eigenvalue weighted by molar-refractivity contribution is 5.74. The first kappa shape index (κ1) is 13.8. The molecule has 0 amide bonds. The van der Waals surface area contributed by atoms with Crippen LogP contribution in [0.3, 0.4) is 0 Å². The van der Waals surface area contributed by atoms with Gasteiger partial charge in [0, 0.05) is 0 Å². The number of carbonyl (C=O) groups excluding carboxylic acids is 1. The third kappa shape index (κ3) is 2.35. The number of allylic oxidation sites excluding steroid dienone is 2. The van der Waals surface area contributed by atoms with Crippen molar-refractivity contribution in [1.82, 2.24) is 0 Å². The van der Waals surface area contributed by atoms with Gasteiger partial charge in [-0.15, -0.1) is 0 Å². The van der Waals surface area contributed by atoms with Crippen molar-refractivity contribution in [2.75, 3.05) is 0 Å². The second kappa shape index (κ2) is 4.86. The quantitative estimate of drug-likeness (QED) is 0.570. The summed E-state index contributed by atoms with van der Waals surface area (Å²) in [5.41, 5.74) is -0.180. The molecule has 4 rings (SSSR count). The summed E-state index contributed by atoms with van der Waals surface area (Å²) in [4.78, 5) is 12.6. The van der Waals surface area contributed by atoms with Crippen molar-refractivity contribution in [2.45, 2.75) is 64.4 Å². The fourth-order valence-electron chi connectivity index (χ4n) is 5.96. The smallest absolute Gasteiger partial charge is 0.310 e. The van der Waals surface area contributed by atoms with Crippen LogP contribution in [0.2, 0.25) is 0 Å². The van der Waals surface area contributed by atoms with Gasteiger partial charge in [0.2, 0.25) is 0 Å². The minimum Gasteiger partial charge on any atom is -0.459 e. The second-order valence-electron chi connectivity index (χ2n) is 8.43. The molecule has 3 saturated carbocycles. The zero-order valence-corrected chi connectivity index (χ0v) is 13.4. The van der Waals surface area contributed by atoms with E-state index in [1.807, 2.05) is 0 Å². The Bertz CT molecular complexity index is 468. The summed E-state index contributed by atoms with van der Waals surface area (Å²) in [6, 6.07) is 0. The van der Waals surface area contributed by atoms with E-state index in [-0.39, 0.29) is 17.5 Å². The molecule has 0 aromatic carbocycles. The normalized spacial score (nSPS) is 50.6. The summed E-state index contributed by atoms with van der Waals surface area (Å²) < 4.78 is 6.12. The SMILES string of the molecule is CCC1CC2CC1CC(C)(OC(=O)C1CC3C=CC1C3)C2. The maximum Gasteiger partial charge on any atom is 0.310 e. The molecule has 0 aromatic rings. The number of hydrogen-bond donors (Lipinski definition) is 0. The van der Waals surface area contributed by atoms with Gasteiger partial charge in [-0.1, -0.05) is 25.5 Å². The first-order valence-electron chi connectivity index (χ1n) is 8.97. The van der Waals surface area contributed by atoms with Crippen LogP contribution in [0.5, 0.6) is 0 Å². The van der Waals surface area contributed by atoms with E-state index in [2.05, 4.69) is 26.0 Å². The highest BCUT2D eigenvalue weighted by atomic mass is 16.6. The highest BCUT2D eigenvalue weighted by Gasteiger charge is 2.49. The number of carbonyl (C=O) groups is 1. The van der Waals surface area contributed by atoms with Gasteiger partial charge >= 0.3 is 5.97 Å². The Hall–Kier alpha value is -0.790. The molecule has 4 aliphatic carbocycles. The fraction of sp³-hybridized carbons (Fsp3) is 0.842. The lowest BCUT2D eigenvalue weighted by Gasteiger charge is -2.38. The Kier molecular flexibility index (Phi) is 3.20. The van der Waals surface area contributed by atoms with Crippen LogP contribution in [-0.4, -0.2) is 11.6 Å². The zero-order valence-electron chi connectivity index (χ0n) is 13.4. The molecule has 0 spiro atoms. The van der Waals surface area contributed by atoms with Crippen LogP contribution in [0, 0.1) is 35.5 Å². The van der Waals surface area contributed by atoms with Gasteiger partial charge in [0.05, 0.1) is 5.92 Å². The molecule has 0 aliphatic heterocycles. The largest absolute Gasteiger partial charge is 0.459 e. The Morgan fingerprint density at radius 3 is 2.71 bits per heavy atom. The van der Waals surface area contributed by atoms with Gasteiger partial charge in [0.15, 0.2) is 0 Å². The van der Waals surface area contributed by atoms with E-state index in [0.717, 1.165) is 37.0 Å². The van der Waals surface area contributed by atoms with E-state index < -0.39 is 0 Å². The van der Waals surface area contributed by atoms with E-state index in [9.17, 15) is 4.79 Å². The Labute approximate surface area is 128 Å². The predicted octanol–water partition coefficient (Wildman–Crippen LogP) is 4.35. The number of rotatable bonds is 3. The zero-order chi connectivity index (χ0) is 14.6. The van der Waals surface area contributed by atoms with Gasteiger partial charge in [0.1, 0.15) is 5.60 Å². The maximum absolute atomic E-state index is 12.6. The topological polar surface area (TPSA) is 26.3 Å². The van der Waals surface area contributed by atoms with E-state index in [0.29, 0.717) is 11.8 Å². The molecule has 4 bridgehead atoms. The first-order chi connectivity index (χ1) is 10.1. The molecule has 7 atom stereocenters. The molecule has 3 fully saturated rings. The molecule has 0 saturated heterocycles. The molecular weight excluding hydrogens is 260 g/mol. The van der Waals surface area contributed by atoms with E-state index in [4.69, 9.17) is 4.74 Å². The molecule has 0 N–H and O–H groups in total. The van der Waals surface area contributed by atoms with Crippen molar-refractivity contribution in [3.05, 3.63) is 12.2 Å². The van der Waals surface area contributed by atoms with Crippen LogP contribution in [0.15, 0.2) is 12.2 Å². The standard InChI is InChI=1S/C19H28O2/c1-3-14-7-13-8-16(14)11-19(2,10-13)21-18(20)17-9-12-4-5-15(17)6-12/h4-5,12-17H,3,6-11H2,1-2H3. The van der Waals surface area contributed by atoms with Gasteiger partial charge in [-0.25, -0.2) is 0 Å². The molecule has 4 aliphatic rings. The lowest BCUT2D eigenvalue weighted by atomic mass is 9.77. The monoisotopic (exact) mass is 288 g/mol. The molecule has 0 aromatic heterocycles. The van der Waals surface area contributed by atoms with Gasteiger partial charge in [-0.3, -0.25) is 4.79 Å². The predicted molar refractivity (Wildman–Crippen MR) is 82.6 cm³/mol. The van der Waals surface area contributed by atoms with Crippen molar-refractivity contribution in [2.24, 2.45) is 35.5 Å². The van der Waals surface area contributed by atoms with Crippen molar-refractivity contribution in [3.63, 3.8) is 0 Å². The second-order valence-corrected chi connectivity index (χ2v) is 8.43. The summed E-state index contributed by atoms with van der Waals surface area (Å²) in [6.45, 7) is 4.52. The minimum absolute atomic E-state index is 0.101. The van der Waals surface area contributed by atoms with Gasteiger partial charge < -0.3 is 4.74 Å². The molecule has 21 heavy (non-hydrogen) atoms. The summed E-state index contributed by atoms with van der Waals surface area (Å²) in [7, 11) is 0. The van der Waals surface area contributed by atoms with Crippen LogP contribution in [0.1, 0.15) is 58.8 Å². The Morgan fingerprint density at radius 2 is 2.05 bits per heavy atom. The molecule has 2 nitrogen and oxygen atoms in total. The van der Waals surface area contributed by atoms with Crippen LogP contribution >= 0.6 is 0 Å². The van der Waals surface area contributed by atoms with Crippen molar-refractivity contribution in [1.29, 1.82) is 0 Å². The highest BCUT2D eigenvalue weighted by Crippen LogP contribution is 2.52. The van der Waals surface area contributed by atoms with Crippen molar-refractivity contribution in [3.8, 4) is 0 Å². The Balaban J connectivity index is 1.42. The van der Waals surface area contributed by atoms with E-state index >= 15 is 0 Å². The van der Waals surface area contributed by atoms with Crippen molar-refractivity contribution < 1.29 is 9.53 Å². The van der Waals surface area contributed by atoms with E-state index in [1.54, 1.807) is 0 Å². The average molecular weight is 288 g/mol. The van der Waals surface area contributed by atoms with E-state index in [1.165, 1.54) is 25.7 Å². The minimum atomic E-state index is -0.180. The molecule has 116 valence electrons. The summed E-state index contributed by atoms with van der Waals surface area (Å²) in [6.07, 6.45) is 13.0. The van der Waals surface area contributed by atoms with Crippen molar-refractivity contribution >= 4 is 5.97 Å². The molecule has 0 heterocycles. The average Bonchev–Trinajstić information content (AvgIpc) is 3.12. The number of esters is 1. The number of fused-ring (bicyclic) bond motifs is 4. The number of ether oxygens (including phenoxy) is 1. The van der Waals surface area contributed by atoms with Crippen LogP contribution < -0.4 is 0 Å². The molecule has 0 radical (unpaired) electrons. The summed E-state index contributed by atoms with van der Waals surface area (Å²) in [5, 5.41) is 0. The summed E-state index contributed by atoms with van der Waals surface area (Å²) in [5.74, 6) is 3.84. The van der Waals surface area contributed by atoms with Crippen LogP contribution in [0.4, 0.5) is 0 Å². The van der Waals surface area contributed by atoms with Gasteiger partial charge in [-0.05, 0) is 75.0 Å². The maximum atomic E-state index is 12.6. The Morgan fingerprint density at radius 1 is 1.19 bits per heavy atom. The lowest BCUT2D eigenvalue weighted by molar-refractivity contribution is -0.169. The third-order valence-corrected chi connectivity index (χ3v) is 6.81. The number of hydrogen-bond acceptors (Lipinski definition) is 2. The lowest BCUT2D eigenvalue weighted by Crippen LogP contribution is -2.40. The molecule has 2 heteroatoms. The molecule has 7 unspecified atom stereocenters. The van der Waals surface area contributed by atoms with Gasteiger partial charge in [0.25, 0.3) is 0 Å². The van der Waals surface area contributed by atoms with Crippen LogP contribution in [-0.2, 0) is 9.53 Å². The fourth-order valence-corrected chi connectivity index (χ4v) is 5.96. The van der Waals surface area contributed by atoms with Crippen LogP contribution in [0.25, 0.3) is 0 Å². The van der Waals surface area contributed by atoms with Gasteiger partial charge in [-0.2, -0.15) is 0 Å². The first-order valence-corrected chi connectivity index (χ1v) is 8.97. The third-order valence-electron chi connectivity index (χ3n) is 6.81. The molecular formula is C19H28O2.